The van der Waals surface area contributed by atoms with E-state index in [2.05, 4.69) is 4.98 Å². The molecule has 3 aromatic rings. The van der Waals surface area contributed by atoms with Crippen LogP contribution < -0.4 is 17.0 Å². The van der Waals surface area contributed by atoms with Crippen LogP contribution in [0.25, 0.3) is 10.9 Å². The van der Waals surface area contributed by atoms with Gasteiger partial charge in [-0.25, -0.2) is 9.78 Å². The molecule has 1 amide bonds. The summed E-state index contributed by atoms with van der Waals surface area (Å²) in [6.45, 7) is 0.411. The van der Waals surface area contributed by atoms with Gasteiger partial charge in [-0.2, -0.15) is 0 Å². The fourth-order valence-electron chi connectivity index (χ4n) is 3.32. The van der Waals surface area contributed by atoms with Crippen molar-refractivity contribution in [2.45, 2.75) is 25.3 Å². The lowest BCUT2D eigenvalue weighted by Crippen LogP contribution is -2.40. The van der Waals surface area contributed by atoms with E-state index < -0.39 is 11.8 Å². The van der Waals surface area contributed by atoms with Crippen LogP contribution in [0.3, 0.4) is 0 Å². The molecular formula is C18H18N4O3S. The molecule has 0 radical (unpaired) electrons. The molecule has 1 aliphatic rings. The SMILES string of the molecule is Cn1c(=O)n(CC2CC2)c(=O)c2c(C(C(N)=O)c3nccs3)cccc21. The highest BCUT2D eigenvalue weighted by atomic mass is 32.1. The molecule has 2 N–H and O–H groups in total. The molecule has 0 aliphatic heterocycles. The van der Waals surface area contributed by atoms with Gasteiger partial charge in [-0.05, 0) is 30.4 Å². The van der Waals surface area contributed by atoms with Gasteiger partial charge in [-0.1, -0.05) is 12.1 Å². The lowest BCUT2D eigenvalue weighted by molar-refractivity contribution is -0.118. The summed E-state index contributed by atoms with van der Waals surface area (Å²) < 4.78 is 2.74. The number of carbonyl (C=O) groups excluding carboxylic acids is 1. The Morgan fingerprint density at radius 3 is 2.77 bits per heavy atom. The minimum atomic E-state index is -0.821. The third-order valence-corrected chi connectivity index (χ3v) is 5.68. The van der Waals surface area contributed by atoms with Crippen LogP contribution in [-0.4, -0.2) is 20.0 Å². The highest BCUT2D eigenvalue weighted by molar-refractivity contribution is 7.09. The minimum absolute atomic E-state index is 0.337. The van der Waals surface area contributed by atoms with Crippen LogP contribution in [0.4, 0.5) is 0 Å². The molecule has 134 valence electrons. The van der Waals surface area contributed by atoms with Crippen LogP contribution >= 0.6 is 11.3 Å². The first-order valence-electron chi connectivity index (χ1n) is 8.40. The van der Waals surface area contributed by atoms with Crippen LogP contribution in [0.2, 0.25) is 0 Å². The first-order valence-corrected chi connectivity index (χ1v) is 9.28. The number of primary amides is 1. The number of amides is 1. The summed E-state index contributed by atoms with van der Waals surface area (Å²) in [6, 6.07) is 5.15. The molecule has 0 saturated heterocycles. The number of rotatable bonds is 5. The summed E-state index contributed by atoms with van der Waals surface area (Å²) in [7, 11) is 1.64. The Balaban J connectivity index is 2.04. The zero-order valence-corrected chi connectivity index (χ0v) is 15.0. The van der Waals surface area contributed by atoms with Crippen molar-refractivity contribution in [3.63, 3.8) is 0 Å². The van der Waals surface area contributed by atoms with Crippen molar-refractivity contribution in [3.05, 3.63) is 61.2 Å². The van der Waals surface area contributed by atoms with Crippen LogP contribution in [0.5, 0.6) is 0 Å². The summed E-state index contributed by atoms with van der Waals surface area (Å²) >= 11 is 1.31. The first-order chi connectivity index (χ1) is 12.5. The van der Waals surface area contributed by atoms with Crippen LogP contribution in [0, 0.1) is 5.92 Å². The van der Waals surface area contributed by atoms with Crippen molar-refractivity contribution in [3.8, 4) is 0 Å². The number of aromatic nitrogens is 3. The Labute approximate surface area is 152 Å². The third-order valence-electron chi connectivity index (χ3n) is 4.84. The fraction of sp³-hybridized carbons (Fsp3) is 0.333. The van der Waals surface area contributed by atoms with Gasteiger partial charge in [0.2, 0.25) is 5.91 Å². The van der Waals surface area contributed by atoms with E-state index in [9.17, 15) is 14.4 Å². The molecule has 7 nitrogen and oxygen atoms in total. The number of thiazole rings is 1. The average molecular weight is 370 g/mol. The number of nitrogens with zero attached hydrogens (tertiary/aromatic N) is 3. The van der Waals surface area contributed by atoms with E-state index in [4.69, 9.17) is 5.73 Å². The second-order valence-electron chi connectivity index (χ2n) is 6.65. The zero-order chi connectivity index (χ0) is 18.4. The molecule has 1 aliphatic carbocycles. The largest absolute Gasteiger partial charge is 0.369 e. The van der Waals surface area contributed by atoms with Crippen molar-refractivity contribution in [2.24, 2.45) is 18.7 Å². The van der Waals surface area contributed by atoms with Crippen molar-refractivity contribution in [1.29, 1.82) is 0 Å². The molecule has 26 heavy (non-hydrogen) atoms. The topological polar surface area (TPSA) is 100.0 Å². The van der Waals surface area contributed by atoms with Crippen molar-refractivity contribution in [1.82, 2.24) is 14.1 Å². The summed E-state index contributed by atoms with van der Waals surface area (Å²) in [6.07, 6.45) is 3.65. The average Bonchev–Trinajstić information content (AvgIpc) is 3.29. The maximum atomic E-state index is 13.2. The molecule has 0 bridgehead atoms. The Hall–Kier alpha value is -2.74. The molecule has 1 aromatic carbocycles. The van der Waals surface area contributed by atoms with E-state index in [0.29, 0.717) is 33.9 Å². The predicted molar refractivity (Wildman–Crippen MR) is 99.3 cm³/mol. The minimum Gasteiger partial charge on any atom is -0.369 e. The quantitative estimate of drug-likeness (QED) is 0.729. The molecule has 2 heterocycles. The first kappa shape index (κ1) is 16.7. The lowest BCUT2D eigenvalue weighted by atomic mass is 9.95. The van der Waals surface area contributed by atoms with Gasteiger partial charge in [-0.15, -0.1) is 11.3 Å². The summed E-state index contributed by atoms with van der Waals surface area (Å²) in [5.41, 5.74) is 5.93. The Kier molecular flexibility index (Phi) is 3.99. The number of hydrogen-bond donors (Lipinski definition) is 1. The maximum Gasteiger partial charge on any atom is 0.331 e. The summed E-state index contributed by atoms with van der Waals surface area (Å²) in [5.74, 6) is -1.02. The third kappa shape index (κ3) is 2.66. The van der Waals surface area contributed by atoms with Gasteiger partial charge in [-0.3, -0.25) is 18.7 Å². The van der Waals surface area contributed by atoms with Gasteiger partial charge in [0.15, 0.2) is 0 Å². The molecule has 1 unspecified atom stereocenters. The van der Waals surface area contributed by atoms with Crippen LogP contribution in [0.1, 0.15) is 29.3 Å². The molecule has 4 rings (SSSR count). The van der Waals surface area contributed by atoms with Crippen molar-refractivity contribution in [2.75, 3.05) is 0 Å². The van der Waals surface area contributed by atoms with E-state index in [-0.39, 0.29) is 11.2 Å². The monoisotopic (exact) mass is 370 g/mol. The number of nitrogens with two attached hydrogens (primary N) is 1. The lowest BCUT2D eigenvalue weighted by Gasteiger charge is -2.16. The Bertz CT molecular complexity index is 1110. The smallest absolute Gasteiger partial charge is 0.331 e. The molecular weight excluding hydrogens is 352 g/mol. The number of aryl methyl sites for hydroxylation is 1. The second kappa shape index (κ2) is 6.21. The standard InChI is InChI=1S/C18H18N4O3S/c1-21-12-4-2-3-11(14(15(19)23)16-20-7-8-26-16)13(12)17(24)22(18(21)25)9-10-5-6-10/h2-4,7-8,10,14H,5-6,9H2,1H3,(H2,19,23). The van der Waals surface area contributed by atoms with Gasteiger partial charge in [0.05, 0.1) is 10.9 Å². The van der Waals surface area contributed by atoms with Crippen LogP contribution in [0.15, 0.2) is 39.4 Å². The zero-order valence-electron chi connectivity index (χ0n) is 14.2. The Morgan fingerprint density at radius 2 is 2.15 bits per heavy atom. The predicted octanol–water partition coefficient (Wildman–Crippen LogP) is 1.18. The Morgan fingerprint density at radius 1 is 1.38 bits per heavy atom. The van der Waals surface area contributed by atoms with Gasteiger partial charge >= 0.3 is 5.69 Å². The molecule has 8 heteroatoms. The van der Waals surface area contributed by atoms with E-state index >= 15 is 0 Å². The number of hydrogen-bond acceptors (Lipinski definition) is 5. The highest BCUT2D eigenvalue weighted by Gasteiger charge is 2.29. The van der Waals surface area contributed by atoms with Crippen molar-refractivity contribution >= 4 is 28.1 Å². The van der Waals surface area contributed by atoms with E-state index in [1.807, 2.05) is 0 Å². The normalized spacial score (nSPS) is 15.3. The number of carbonyl (C=O) groups is 1. The summed E-state index contributed by atoms with van der Waals surface area (Å²) in [4.78, 5) is 42.2. The van der Waals surface area contributed by atoms with E-state index in [1.54, 1.807) is 36.8 Å². The van der Waals surface area contributed by atoms with E-state index in [0.717, 1.165) is 12.8 Å². The van der Waals surface area contributed by atoms with Gasteiger partial charge in [0.25, 0.3) is 5.56 Å². The van der Waals surface area contributed by atoms with Gasteiger partial charge in [0.1, 0.15) is 10.9 Å². The summed E-state index contributed by atoms with van der Waals surface area (Å²) in [5, 5.41) is 2.65. The van der Waals surface area contributed by atoms with Gasteiger partial charge in [0, 0.05) is 25.2 Å². The molecule has 0 spiro atoms. The van der Waals surface area contributed by atoms with Gasteiger partial charge < -0.3 is 5.73 Å². The number of benzene rings is 1. The second-order valence-corrected chi connectivity index (χ2v) is 7.57. The van der Waals surface area contributed by atoms with Crippen molar-refractivity contribution < 1.29 is 4.79 Å². The van der Waals surface area contributed by atoms with Crippen LogP contribution in [-0.2, 0) is 18.4 Å². The maximum absolute atomic E-state index is 13.2. The molecule has 1 saturated carbocycles. The van der Waals surface area contributed by atoms with E-state index in [1.165, 1.54) is 20.5 Å². The molecule has 1 atom stereocenters. The number of fused-ring (bicyclic) bond motifs is 1. The molecule has 2 aromatic heterocycles. The molecule has 1 fully saturated rings. The highest BCUT2D eigenvalue weighted by Crippen LogP contribution is 2.31. The fourth-order valence-corrected chi connectivity index (χ4v) is 4.08.